The molecule has 0 saturated carbocycles. The van der Waals surface area contributed by atoms with Gasteiger partial charge in [0.1, 0.15) is 11.5 Å². The van der Waals surface area contributed by atoms with Gasteiger partial charge in [-0.2, -0.15) is 0 Å². The van der Waals surface area contributed by atoms with Gasteiger partial charge in [-0.15, -0.1) is 0 Å². The average molecular weight is 477 g/mol. The summed E-state index contributed by atoms with van der Waals surface area (Å²) in [7, 11) is 1.66. The Bertz CT molecular complexity index is 1090. The monoisotopic (exact) mass is 476 g/mol. The first-order chi connectivity index (χ1) is 17.0. The van der Waals surface area contributed by atoms with Gasteiger partial charge in [0.25, 0.3) is 0 Å². The SMILES string of the molecule is COc1ccc(N2CCN([C@H](CNC(=O)C(=O)NCc3ccc(C)cc3)c3ccco3)CC2)cc1. The van der Waals surface area contributed by atoms with Crippen LogP contribution in [0.15, 0.2) is 71.3 Å². The molecule has 184 valence electrons. The molecule has 4 rings (SSSR count). The Morgan fingerprint density at radius 2 is 1.63 bits per heavy atom. The van der Waals surface area contributed by atoms with E-state index < -0.39 is 11.8 Å². The molecule has 3 aromatic rings. The van der Waals surface area contributed by atoms with Crippen molar-refractivity contribution in [3.05, 3.63) is 83.8 Å². The molecule has 1 aliphatic heterocycles. The zero-order valence-corrected chi connectivity index (χ0v) is 20.2. The molecule has 1 fully saturated rings. The van der Waals surface area contributed by atoms with E-state index in [1.165, 1.54) is 0 Å². The Morgan fingerprint density at radius 1 is 0.943 bits per heavy atom. The van der Waals surface area contributed by atoms with Crippen LogP contribution in [-0.4, -0.2) is 56.5 Å². The van der Waals surface area contributed by atoms with Crippen molar-refractivity contribution in [3.8, 4) is 5.75 Å². The lowest BCUT2D eigenvalue weighted by molar-refractivity contribution is -0.139. The highest BCUT2D eigenvalue weighted by atomic mass is 16.5. The van der Waals surface area contributed by atoms with E-state index in [-0.39, 0.29) is 12.6 Å². The van der Waals surface area contributed by atoms with Gasteiger partial charge in [0.15, 0.2) is 0 Å². The Kier molecular flexibility index (Phi) is 8.05. The second-order valence-corrected chi connectivity index (χ2v) is 8.63. The fraction of sp³-hybridized carbons (Fsp3) is 0.333. The molecule has 1 saturated heterocycles. The lowest BCUT2D eigenvalue weighted by atomic mass is 10.1. The van der Waals surface area contributed by atoms with Gasteiger partial charge in [-0.25, -0.2) is 0 Å². The van der Waals surface area contributed by atoms with Gasteiger partial charge in [0, 0.05) is 45.0 Å². The number of furan rings is 1. The summed E-state index contributed by atoms with van der Waals surface area (Å²) >= 11 is 0. The number of methoxy groups -OCH3 is 1. The average Bonchev–Trinajstić information content (AvgIpc) is 3.43. The molecular formula is C27H32N4O4. The number of nitrogens with one attached hydrogen (secondary N) is 2. The fourth-order valence-corrected chi connectivity index (χ4v) is 4.21. The van der Waals surface area contributed by atoms with Crippen molar-refractivity contribution < 1.29 is 18.7 Å². The van der Waals surface area contributed by atoms with Gasteiger partial charge in [0.05, 0.1) is 19.4 Å². The van der Waals surface area contributed by atoms with Crippen LogP contribution in [0.5, 0.6) is 5.75 Å². The summed E-state index contributed by atoms with van der Waals surface area (Å²) < 4.78 is 10.9. The largest absolute Gasteiger partial charge is 0.497 e. The lowest BCUT2D eigenvalue weighted by Gasteiger charge is -2.39. The number of anilines is 1. The number of carbonyl (C=O) groups excluding carboxylic acids is 2. The number of ether oxygens (including phenoxy) is 1. The van der Waals surface area contributed by atoms with Crippen LogP contribution in [0.1, 0.15) is 22.9 Å². The van der Waals surface area contributed by atoms with Crippen LogP contribution in [0.25, 0.3) is 0 Å². The summed E-state index contributed by atoms with van der Waals surface area (Å²) in [6, 6.07) is 19.5. The van der Waals surface area contributed by atoms with Gasteiger partial charge in [-0.3, -0.25) is 14.5 Å². The maximum absolute atomic E-state index is 12.5. The van der Waals surface area contributed by atoms with E-state index in [1.807, 2.05) is 55.5 Å². The molecule has 2 amide bonds. The first-order valence-corrected chi connectivity index (χ1v) is 11.8. The predicted octanol–water partition coefficient (Wildman–Crippen LogP) is 2.89. The van der Waals surface area contributed by atoms with E-state index in [9.17, 15) is 9.59 Å². The molecule has 1 aliphatic rings. The zero-order chi connectivity index (χ0) is 24.6. The van der Waals surface area contributed by atoms with E-state index in [0.717, 1.165) is 54.5 Å². The van der Waals surface area contributed by atoms with Gasteiger partial charge in [-0.05, 0) is 48.9 Å². The van der Waals surface area contributed by atoms with E-state index in [2.05, 4.69) is 32.6 Å². The third kappa shape index (κ3) is 6.42. The van der Waals surface area contributed by atoms with E-state index in [1.54, 1.807) is 13.4 Å². The third-order valence-electron chi connectivity index (χ3n) is 6.30. The van der Waals surface area contributed by atoms with Crippen molar-refractivity contribution in [1.29, 1.82) is 0 Å². The van der Waals surface area contributed by atoms with Crippen LogP contribution < -0.4 is 20.3 Å². The topological polar surface area (TPSA) is 87.0 Å². The van der Waals surface area contributed by atoms with E-state index in [4.69, 9.17) is 9.15 Å². The Balaban J connectivity index is 1.31. The van der Waals surface area contributed by atoms with Crippen molar-refractivity contribution in [1.82, 2.24) is 15.5 Å². The lowest BCUT2D eigenvalue weighted by Crippen LogP contribution is -2.50. The quantitative estimate of drug-likeness (QED) is 0.486. The molecule has 2 aromatic carbocycles. The van der Waals surface area contributed by atoms with Gasteiger partial charge in [0.2, 0.25) is 0 Å². The van der Waals surface area contributed by atoms with Crippen LogP contribution in [0.3, 0.4) is 0 Å². The first kappa shape index (κ1) is 24.3. The maximum Gasteiger partial charge on any atom is 0.309 e. The summed E-state index contributed by atoms with van der Waals surface area (Å²) in [5.74, 6) is 0.311. The van der Waals surface area contributed by atoms with Crippen LogP contribution >= 0.6 is 0 Å². The van der Waals surface area contributed by atoms with E-state index in [0.29, 0.717) is 6.54 Å². The predicted molar refractivity (Wildman–Crippen MR) is 134 cm³/mol. The van der Waals surface area contributed by atoms with Crippen molar-refractivity contribution in [2.75, 3.05) is 44.7 Å². The van der Waals surface area contributed by atoms with Crippen molar-refractivity contribution in [2.45, 2.75) is 19.5 Å². The molecule has 0 unspecified atom stereocenters. The highest BCUT2D eigenvalue weighted by Crippen LogP contribution is 2.25. The first-order valence-electron chi connectivity index (χ1n) is 11.8. The molecule has 2 N–H and O–H groups in total. The summed E-state index contributed by atoms with van der Waals surface area (Å²) in [4.78, 5) is 29.4. The molecule has 0 bridgehead atoms. The molecule has 8 nitrogen and oxygen atoms in total. The molecule has 0 aliphatic carbocycles. The summed E-state index contributed by atoms with van der Waals surface area (Å²) in [5, 5.41) is 5.47. The molecule has 1 atom stereocenters. The van der Waals surface area contributed by atoms with Crippen LogP contribution in [0.2, 0.25) is 0 Å². The third-order valence-corrected chi connectivity index (χ3v) is 6.30. The molecule has 8 heteroatoms. The Morgan fingerprint density at radius 3 is 2.26 bits per heavy atom. The number of piperazine rings is 1. The van der Waals surface area contributed by atoms with E-state index >= 15 is 0 Å². The van der Waals surface area contributed by atoms with Crippen LogP contribution in [0.4, 0.5) is 5.69 Å². The number of benzene rings is 2. The van der Waals surface area contributed by atoms with Crippen LogP contribution in [-0.2, 0) is 16.1 Å². The van der Waals surface area contributed by atoms with Crippen LogP contribution in [0, 0.1) is 6.92 Å². The minimum absolute atomic E-state index is 0.156. The summed E-state index contributed by atoms with van der Waals surface area (Å²) in [5.41, 5.74) is 3.24. The molecule has 0 radical (unpaired) electrons. The number of hydrogen-bond acceptors (Lipinski definition) is 6. The number of nitrogens with zero attached hydrogens (tertiary/aromatic N) is 2. The molecule has 1 aromatic heterocycles. The summed E-state index contributed by atoms with van der Waals surface area (Å²) in [6.07, 6.45) is 1.63. The molecule has 35 heavy (non-hydrogen) atoms. The maximum atomic E-state index is 12.5. The second kappa shape index (κ2) is 11.6. The second-order valence-electron chi connectivity index (χ2n) is 8.63. The number of hydrogen-bond donors (Lipinski definition) is 2. The number of rotatable bonds is 8. The minimum atomic E-state index is -0.648. The highest BCUT2D eigenvalue weighted by Gasteiger charge is 2.28. The number of amides is 2. The Labute approximate surface area is 205 Å². The smallest absolute Gasteiger partial charge is 0.309 e. The van der Waals surface area contributed by atoms with Crippen molar-refractivity contribution in [2.24, 2.45) is 0 Å². The standard InChI is InChI=1S/C27H32N4O4/c1-20-5-7-21(8-6-20)18-28-26(32)27(33)29-19-24(25-4-3-17-35-25)31-15-13-30(14-16-31)22-9-11-23(34-2)12-10-22/h3-12,17,24H,13-16,18-19H2,1-2H3,(H,28,32)(H,29,33)/t24-/m1/s1. The van der Waals surface area contributed by atoms with Gasteiger partial charge < -0.3 is 24.7 Å². The van der Waals surface area contributed by atoms with Gasteiger partial charge >= 0.3 is 11.8 Å². The van der Waals surface area contributed by atoms with Crippen molar-refractivity contribution >= 4 is 17.5 Å². The minimum Gasteiger partial charge on any atom is -0.497 e. The molecular weight excluding hydrogens is 444 g/mol. The normalized spacial score (nSPS) is 14.9. The molecule has 0 spiro atoms. The highest BCUT2D eigenvalue weighted by molar-refractivity contribution is 6.35. The number of aryl methyl sites for hydroxylation is 1. The molecule has 2 heterocycles. The fourth-order valence-electron chi connectivity index (χ4n) is 4.21. The zero-order valence-electron chi connectivity index (χ0n) is 20.2. The summed E-state index contributed by atoms with van der Waals surface area (Å²) in [6.45, 7) is 5.88. The Hall–Kier alpha value is -3.78. The van der Waals surface area contributed by atoms with Crippen molar-refractivity contribution in [3.63, 3.8) is 0 Å². The van der Waals surface area contributed by atoms with Gasteiger partial charge in [-0.1, -0.05) is 29.8 Å². The number of carbonyl (C=O) groups is 2.